The first-order valence-electron chi connectivity index (χ1n) is 6.22. The van der Waals surface area contributed by atoms with Gasteiger partial charge in [0.25, 0.3) is 5.91 Å². The Morgan fingerprint density at radius 1 is 1.45 bits per heavy atom. The Kier molecular flexibility index (Phi) is 6.44. The number of hydrogen-bond acceptors (Lipinski definition) is 4. The van der Waals surface area contributed by atoms with E-state index in [0.717, 1.165) is 6.42 Å². The van der Waals surface area contributed by atoms with Crippen LogP contribution in [0.5, 0.6) is 5.75 Å². The van der Waals surface area contributed by atoms with Crippen LogP contribution in [0.1, 0.15) is 23.7 Å². The monoisotopic (exact) mass is 344 g/mol. The number of carbonyl (C=O) groups excluding carboxylic acids is 1. The van der Waals surface area contributed by atoms with Crippen LogP contribution in [-0.2, 0) is 0 Å². The van der Waals surface area contributed by atoms with Crippen molar-refractivity contribution in [1.29, 1.82) is 0 Å². The minimum absolute atomic E-state index is 0.0936. The summed E-state index contributed by atoms with van der Waals surface area (Å²) in [5.74, 6) is -0.0596. The van der Waals surface area contributed by atoms with Gasteiger partial charge >= 0.3 is 5.69 Å². The lowest BCUT2D eigenvalue weighted by atomic mass is 10.1. The van der Waals surface area contributed by atoms with Crippen molar-refractivity contribution in [3.8, 4) is 5.75 Å². The molecule has 0 aliphatic rings. The highest BCUT2D eigenvalue weighted by Crippen LogP contribution is 2.28. The van der Waals surface area contributed by atoms with Crippen molar-refractivity contribution in [2.24, 2.45) is 0 Å². The van der Waals surface area contributed by atoms with Crippen molar-refractivity contribution in [2.75, 3.05) is 25.5 Å². The average Bonchev–Trinajstić information content (AvgIpc) is 2.45. The average molecular weight is 345 g/mol. The molecule has 110 valence electrons. The molecule has 0 fully saturated rings. The first-order chi connectivity index (χ1) is 9.54. The van der Waals surface area contributed by atoms with Crippen molar-refractivity contribution in [3.63, 3.8) is 0 Å². The van der Waals surface area contributed by atoms with E-state index in [2.05, 4.69) is 15.9 Å². The van der Waals surface area contributed by atoms with E-state index in [4.69, 9.17) is 4.74 Å². The van der Waals surface area contributed by atoms with Crippen molar-refractivity contribution >= 4 is 27.5 Å². The Hall–Kier alpha value is -1.63. The number of halogens is 1. The molecular weight excluding hydrogens is 328 g/mol. The van der Waals surface area contributed by atoms with Crippen LogP contribution in [0.4, 0.5) is 5.69 Å². The maximum atomic E-state index is 12.4. The van der Waals surface area contributed by atoms with Gasteiger partial charge in [0.15, 0.2) is 5.75 Å². The molecule has 7 heteroatoms. The molecule has 0 spiro atoms. The Balaban J connectivity index is 3.06. The molecule has 0 N–H and O–H groups in total. The third-order valence-electron chi connectivity index (χ3n) is 2.76. The number of carbonyl (C=O) groups is 1. The zero-order valence-corrected chi connectivity index (χ0v) is 13.1. The normalized spacial score (nSPS) is 10.2. The number of benzene rings is 1. The second kappa shape index (κ2) is 7.84. The van der Waals surface area contributed by atoms with Gasteiger partial charge in [-0.15, -0.1) is 0 Å². The number of alkyl halides is 1. The van der Waals surface area contributed by atoms with Gasteiger partial charge in [-0.2, -0.15) is 0 Å². The van der Waals surface area contributed by atoms with E-state index in [-0.39, 0.29) is 17.3 Å². The zero-order chi connectivity index (χ0) is 15.1. The van der Waals surface area contributed by atoms with Gasteiger partial charge in [0, 0.05) is 36.1 Å². The molecule has 0 heterocycles. The molecule has 0 aromatic heterocycles. The van der Waals surface area contributed by atoms with Gasteiger partial charge < -0.3 is 9.64 Å². The van der Waals surface area contributed by atoms with Crippen molar-refractivity contribution in [3.05, 3.63) is 33.9 Å². The minimum atomic E-state index is -0.532. The third kappa shape index (κ3) is 3.93. The van der Waals surface area contributed by atoms with Gasteiger partial charge in [0.1, 0.15) is 0 Å². The number of nitro groups is 1. The highest BCUT2D eigenvalue weighted by atomic mass is 79.9. The standard InChI is InChI=1S/C13H17BrN2O4/c1-3-7-15(8-6-14)13(17)10-4-5-11(16(18)19)12(9-10)20-2/h4-5,9H,3,6-8H2,1-2H3. The number of nitrogens with zero attached hydrogens (tertiary/aromatic N) is 2. The van der Waals surface area contributed by atoms with Crippen LogP contribution in [0.2, 0.25) is 0 Å². The lowest BCUT2D eigenvalue weighted by Gasteiger charge is -2.21. The summed E-state index contributed by atoms with van der Waals surface area (Å²) in [5, 5.41) is 11.5. The quantitative estimate of drug-likeness (QED) is 0.433. The first-order valence-corrected chi connectivity index (χ1v) is 7.35. The van der Waals surface area contributed by atoms with E-state index in [0.29, 0.717) is 24.0 Å². The fraction of sp³-hybridized carbons (Fsp3) is 0.462. The molecule has 1 aromatic carbocycles. The molecule has 0 aliphatic heterocycles. The largest absolute Gasteiger partial charge is 0.490 e. The number of amides is 1. The van der Waals surface area contributed by atoms with Crippen LogP contribution < -0.4 is 4.74 Å². The number of nitro benzene ring substituents is 1. The molecule has 0 unspecified atom stereocenters. The molecule has 0 saturated heterocycles. The SMILES string of the molecule is CCCN(CCBr)C(=O)c1ccc([N+](=O)[O-])c(OC)c1. The number of rotatable bonds is 7. The summed E-state index contributed by atoms with van der Waals surface area (Å²) in [5.41, 5.74) is 0.244. The summed E-state index contributed by atoms with van der Waals surface area (Å²) in [6, 6.07) is 4.17. The Bertz CT molecular complexity index is 487. The molecule has 1 amide bonds. The molecule has 6 nitrogen and oxygen atoms in total. The molecule has 20 heavy (non-hydrogen) atoms. The van der Waals surface area contributed by atoms with Gasteiger partial charge in [0.2, 0.25) is 0 Å². The van der Waals surface area contributed by atoms with Crippen LogP contribution in [0.3, 0.4) is 0 Å². The van der Waals surface area contributed by atoms with Gasteiger partial charge in [-0.3, -0.25) is 14.9 Å². The zero-order valence-electron chi connectivity index (χ0n) is 11.5. The summed E-state index contributed by atoms with van der Waals surface area (Å²) < 4.78 is 4.98. The fourth-order valence-corrected chi connectivity index (χ4v) is 2.26. The molecule has 0 atom stereocenters. The van der Waals surface area contributed by atoms with Crippen molar-refractivity contribution in [1.82, 2.24) is 4.90 Å². The second-order valence-corrected chi connectivity index (χ2v) is 4.92. The molecule has 0 bridgehead atoms. The number of hydrogen-bond donors (Lipinski definition) is 0. The second-order valence-electron chi connectivity index (χ2n) is 4.12. The third-order valence-corrected chi connectivity index (χ3v) is 3.11. The van der Waals surface area contributed by atoms with Gasteiger partial charge in [-0.05, 0) is 12.5 Å². The number of methoxy groups -OCH3 is 1. The van der Waals surface area contributed by atoms with E-state index >= 15 is 0 Å². The maximum absolute atomic E-state index is 12.4. The van der Waals surface area contributed by atoms with Gasteiger partial charge in [-0.1, -0.05) is 22.9 Å². The highest BCUT2D eigenvalue weighted by Gasteiger charge is 2.20. The Morgan fingerprint density at radius 3 is 2.65 bits per heavy atom. The highest BCUT2D eigenvalue weighted by molar-refractivity contribution is 9.09. The topological polar surface area (TPSA) is 72.7 Å². The molecule has 1 rings (SSSR count). The fourth-order valence-electron chi connectivity index (χ4n) is 1.83. The summed E-state index contributed by atoms with van der Waals surface area (Å²) in [4.78, 5) is 24.3. The minimum Gasteiger partial charge on any atom is -0.490 e. The molecule has 1 aromatic rings. The lowest BCUT2D eigenvalue weighted by Crippen LogP contribution is -2.33. The predicted molar refractivity (Wildman–Crippen MR) is 79.6 cm³/mol. The van der Waals surface area contributed by atoms with Gasteiger partial charge in [0.05, 0.1) is 12.0 Å². The molecule has 0 aliphatic carbocycles. The summed E-state index contributed by atoms with van der Waals surface area (Å²) >= 11 is 3.31. The first kappa shape index (κ1) is 16.4. The van der Waals surface area contributed by atoms with E-state index in [1.165, 1.54) is 25.3 Å². The maximum Gasteiger partial charge on any atom is 0.310 e. The van der Waals surface area contributed by atoms with E-state index < -0.39 is 4.92 Å². The van der Waals surface area contributed by atoms with Crippen molar-refractivity contribution in [2.45, 2.75) is 13.3 Å². The molecular formula is C13H17BrN2O4. The summed E-state index contributed by atoms with van der Waals surface area (Å²) in [6.45, 7) is 3.22. The summed E-state index contributed by atoms with van der Waals surface area (Å²) in [6.07, 6.45) is 0.850. The van der Waals surface area contributed by atoms with Crippen molar-refractivity contribution < 1.29 is 14.5 Å². The Labute approximate surface area is 126 Å². The van der Waals surface area contributed by atoms with E-state index in [1.807, 2.05) is 6.92 Å². The lowest BCUT2D eigenvalue weighted by molar-refractivity contribution is -0.385. The van der Waals surface area contributed by atoms with Crippen LogP contribution in [-0.4, -0.2) is 41.3 Å². The summed E-state index contributed by atoms with van der Waals surface area (Å²) in [7, 11) is 1.35. The van der Waals surface area contributed by atoms with Crippen LogP contribution in [0.15, 0.2) is 18.2 Å². The Morgan fingerprint density at radius 2 is 2.15 bits per heavy atom. The van der Waals surface area contributed by atoms with Crippen LogP contribution in [0.25, 0.3) is 0 Å². The predicted octanol–water partition coefficient (Wildman–Crippen LogP) is 2.85. The smallest absolute Gasteiger partial charge is 0.310 e. The number of ether oxygens (including phenoxy) is 1. The van der Waals surface area contributed by atoms with Crippen LogP contribution in [0, 0.1) is 10.1 Å². The van der Waals surface area contributed by atoms with Crippen LogP contribution >= 0.6 is 15.9 Å². The van der Waals surface area contributed by atoms with E-state index in [1.54, 1.807) is 4.90 Å². The van der Waals surface area contributed by atoms with Gasteiger partial charge in [-0.25, -0.2) is 0 Å². The molecule has 0 radical (unpaired) electrons. The van der Waals surface area contributed by atoms with E-state index in [9.17, 15) is 14.9 Å². The molecule has 0 saturated carbocycles.